The van der Waals surface area contributed by atoms with E-state index in [4.69, 9.17) is 0 Å². The minimum absolute atomic E-state index is 0.255. The molecule has 2 unspecified atom stereocenters. The highest BCUT2D eigenvalue weighted by Crippen LogP contribution is 2.32. The van der Waals surface area contributed by atoms with E-state index in [1.807, 2.05) is 0 Å². The monoisotopic (exact) mass is 293 g/mol. The Balaban J connectivity index is 1.67. The van der Waals surface area contributed by atoms with Gasteiger partial charge in [0.1, 0.15) is 11.6 Å². The highest BCUT2D eigenvalue weighted by atomic mass is 19.1. The molecule has 0 spiro atoms. The summed E-state index contributed by atoms with van der Waals surface area (Å²) >= 11 is 0. The number of rotatable bonds is 5. The highest BCUT2D eigenvalue weighted by molar-refractivity contribution is 5.19. The minimum Gasteiger partial charge on any atom is -0.314 e. The molecule has 0 aromatic heterocycles. The zero-order valence-corrected chi connectivity index (χ0v) is 12.6. The molecule has 1 aromatic carbocycles. The van der Waals surface area contributed by atoms with Crippen LogP contribution in [0.2, 0.25) is 0 Å². The fourth-order valence-corrected chi connectivity index (χ4v) is 3.59. The van der Waals surface area contributed by atoms with Crippen LogP contribution in [0.5, 0.6) is 0 Å². The van der Waals surface area contributed by atoms with Crippen LogP contribution < -0.4 is 5.32 Å². The molecule has 0 heterocycles. The molecule has 0 radical (unpaired) electrons. The molecule has 3 rings (SSSR count). The van der Waals surface area contributed by atoms with Crippen LogP contribution in [-0.2, 0) is 6.42 Å². The van der Waals surface area contributed by atoms with Gasteiger partial charge in [0.05, 0.1) is 0 Å². The molecule has 0 bridgehead atoms. The Hall–Kier alpha value is -0.960. The van der Waals surface area contributed by atoms with Crippen LogP contribution in [0.3, 0.4) is 0 Å². The fourth-order valence-electron chi connectivity index (χ4n) is 3.59. The molecule has 0 saturated heterocycles. The van der Waals surface area contributed by atoms with Crippen LogP contribution in [0.25, 0.3) is 0 Å². The third-order valence-corrected chi connectivity index (χ3v) is 5.05. The van der Waals surface area contributed by atoms with Crippen molar-refractivity contribution < 1.29 is 8.78 Å². The van der Waals surface area contributed by atoms with Gasteiger partial charge in [-0.25, -0.2) is 8.78 Å². The summed E-state index contributed by atoms with van der Waals surface area (Å²) in [6.45, 7) is 1.05. The molecular formula is C18H25F2N. The lowest BCUT2D eigenvalue weighted by Crippen LogP contribution is -2.30. The van der Waals surface area contributed by atoms with Crippen molar-refractivity contribution in [1.29, 1.82) is 0 Å². The van der Waals surface area contributed by atoms with Crippen molar-refractivity contribution in [2.75, 3.05) is 6.54 Å². The number of halogens is 2. The predicted octanol–water partition coefficient (Wildman–Crippen LogP) is 4.46. The van der Waals surface area contributed by atoms with Crippen LogP contribution >= 0.6 is 0 Å². The van der Waals surface area contributed by atoms with Gasteiger partial charge in [0, 0.05) is 6.04 Å². The average molecular weight is 293 g/mol. The lowest BCUT2D eigenvalue weighted by atomic mass is 9.83. The fraction of sp³-hybridized carbons (Fsp3) is 0.667. The van der Waals surface area contributed by atoms with Gasteiger partial charge in [-0.3, -0.25) is 0 Å². The zero-order valence-electron chi connectivity index (χ0n) is 12.6. The van der Waals surface area contributed by atoms with E-state index in [0.717, 1.165) is 19.0 Å². The molecule has 116 valence electrons. The van der Waals surface area contributed by atoms with Gasteiger partial charge in [0.15, 0.2) is 0 Å². The number of hydrogen-bond acceptors (Lipinski definition) is 1. The van der Waals surface area contributed by atoms with Crippen LogP contribution in [0.1, 0.15) is 50.5 Å². The molecule has 2 aliphatic carbocycles. The van der Waals surface area contributed by atoms with Gasteiger partial charge in [0.25, 0.3) is 0 Å². The molecule has 2 fully saturated rings. The van der Waals surface area contributed by atoms with Crippen LogP contribution in [0, 0.1) is 23.5 Å². The Bertz CT molecular complexity index is 470. The largest absolute Gasteiger partial charge is 0.314 e. The molecule has 0 aliphatic heterocycles. The highest BCUT2D eigenvalue weighted by Gasteiger charge is 2.27. The number of benzene rings is 1. The molecule has 1 N–H and O–H groups in total. The average Bonchev–Trinajstić information content (AvgIpc) is 3.28. The summed E-state index contributed by atoms with van der Waals surface area (Å²) in [4.78, 5) is 0. The van der Waals surface area contributed by atoms with E-state index in [1.54, 1.807) is 0 Å². The first-order chi connectivity index (χ1) is 10.2. The summed E-state index contributed by atoms with van der Waals surface area (Å²) in [7, 11) is 0. The normalized spacial score (nSPS) is 26.6. The van der Waals surface area contributed by atoms with Gasteiger partial charge in [-0.2, -0.15) is 0 Å². The smallest absolute Gasteiger partial charge is 0.126 e. The Morgan fingerprint density at radius 2 is 1.71 bits per heavy atom. The van der Waals surface area contributed by atoms with E-state index in [-0.39, 0.29) is 11.6 Å². The van der Waals surface area contributed by atoms with Crippen molar-refractivity contribution in [1.82, 2.24) is 5.32 Å². The Kier molecular flexibility index (Phi) is 4.89. The second kappa shape index (κ2) is 6.87. The molecule has 0 amide bonds. The van der Waals surface area contributed by atoms with Crippen molar-refractivity contribution in [3.05, 3.63) is 35.4 Å². The summed E-state index contributed by atoms with van der Waals surface area (Å²) in [5.41, 5.74) is 0.554. The summed E-state index contributed by atoms with van der Waals surface area (Å²) < 4.78 is 27.3. The molecular weight excluding hydrogens is 268 g/mol. The second-order valence-electron chi connectivity index (χ2n) is 6.78. The molecule has 3 heteroatoms. The van der Waals surface area contributed by atoms with Crippen molar-refractivity contribution in [2.45, 2.75) is 57.4 Å². The lowest BCUT2D eigenvalue weighted by Gasteiger charge is -2.26. The zero-order chi connectivity index (χ0) is 14.7. The molecule has 2 atom stereocenters. The Morgan fingerprint density at radius 1 is 0.952 bits per heavy atom. The summed E-state index contributed by atoms with van der Waals surface area (Å²) in [6.07, 6.45) is 9.43. The maximum Gasteiger partial charge on any atom is 0.126 e. The second-order valence-corrected chi connectivity index (χ2v) is 6.78. The molecule has 21 heavy (non-hydrogen) atoms. The summed E-state index contributed by atoms with van der Waals surface area (Å²) in [5.74, 6) is 0.507. The van der Waals surface area contributed by atoms with E-state index < -0.39 is 0 Å². The first kappa shape index (κ1) is 15.0. The SMILES string of the molecule is Fc1ccc(F)c(CC2CCCCCC2CNC2CC2)c1. The molecule has 1 nitrogen and oxygen atoms in total. The third-order valence-electron chi connectivity index (χ3n) is 5.05. The summed E-state index contributed by atoms with van der Waals surface area (Å²) in [6, 6.07) is 4.57. The van der Waals surface area contributed by atoms with Gasteiger partial charge >= 0.3 is 0 Å². The van der Waals surface area contributed by atoms with Gasteiger partial charge in [0.2, 0.25) is 0 Å². The van der Waals surface area contributed by atoms with E-state index >= 15 is 0 Å². The maximum atomic E-state index is 13.9. The number of hydrogen-bond donors (Lipinski definition) is 1. The number of nitrogens with one attached hydrogen (secondary N) is 1. The maximum absolute atomic E-state index is 13.9. The first-order valence-corrected chi connectivity index (χ1v) is 8.39. The van der Waals surface area contributed by atoms with Gasteiger partial charge in [-0.05, 0) is 74.2 Å². The molecule has 2 aliphatic rings. The standard InChI is InChI=1S/C18H25F2N/c19-16-6-9-18(20)15(11-16)10-13-4-2-1-3-5-14(13)12-21-17-7-8-17/h6,9,11,13-14,17,21H,1-5,7-8,10,12H2. The van der Waals surface area contributed by atoms with Crippen LogP contribution in [-0.4, -0.2) is 12.6 Å². The predicted molar refractivity (Wildman–Crippen MR) is 81.2 cm³/mol. The van der Waals surface area contributed by atoms with Gasteiger partial charge in [-0.1, -0.05) is 19.3 Å². The van der Waals surface area contributed by atoms with Gasteiger partial charge < -0.3 is 5.32 Å². The minimum atomic E-state index is -0.326. The van der Waals surface area contributed by atoms with Crippen LogP contribution in [0.4, 0.5) is 8.78 Å². The van der Waals surface area contributed by atoms with E-state index in [2.05, 4.69) is 5.32 Å². The van der Waals surface area contributed by atoms with E-state index in [9.17, 15) is 8.78 Å². The molecule has 1 aromatic rings. The summed E-state index contributed by atoms with van der Waals surface area (Å²) in [5, 5.41) is 3.63. The van der Waals surface area contributed by atoms with Crippen molar-refractivity contribution in [3.63, 3.8) is 0 Å². The first-order valence-electron chi connectivity index (χ1n) is 8.39. The topological polar surface area (TPSA) is 12.0 Å². The molecule has 2 saturated carbocycles. The van der Waals surface area contributed by atoms with Crippen molar-refractivity contribution in [2.24, 2.45) is 11.8 Å². The van der Waals surface area contributed by atoms with Crippen LogP contribution in [0.15, 0.2) is 18.2 Å². The third kappa shape index (κ3) is 4.26. The van der Waals surface area contributed by atoms with Crippen molar-refractivity contribution >= 4 is 0 Å². The Morgan fingerprint density at radius 3 is 2.48 bits per heavy atom. The van der Waals surface area contributed by atoms with Gasteiger partial charge in [-0.15, -0.1) is 0 Å². The van der Waals surface area contributed by atoms with Crippen molar-refractivity contribution in [3.8, 4) is 0 Å². The van der Waals surface area contributed by atoms with E-state index in [0.29, 0.717) is 23.8 Å². The quantitative estimate of drug-likeness (QED) is 0.791. The lowest BCUT2D eigenvalue weighted by molar-refractivity contribution is 0.294. The Labute approximate surface area is 126 Å². The van der Waals surface area contributed by atoms with E-state index in [1.165, 1.54) is 56.7 Å².